The van der Waals surface area contributed by atoms with Crippen LogP contribution in [-0.4, -0.2) is 43.3 Å². The molecule has 1 atom stereocenters. The Balaban J connectivity index is 1.43. The van der Waals surface area contributed by atoms with Crippen molar-refractivity contribution >= 4 is 12.0 Å². The topological polar surface area (TPSA) is 38.8 Å². The van der Waals surface area contributed by atoms with Gasteiger partial charge in [0.15, 0.2) is 0 Å². The van der Waals surface area contributed by atoms with Crippen molar-refractivity contribution in [3.63, 3.8) is 0 Å². The van der Waals surface area contributed by atoms with E-state index in [1.165, 1.54) is 23.8 Å². The minimum Gasteiger partial charge on any atom is -0.460 e. The van der Waals surface area contributed by atoms with Gasteiger partial charge in [-0.1, -0.05) is 42.5 Å². The molecule has 5 heteroatoms. The molecule has 1 aliphatic rings. The van der Waals surface area contributed by atoms with Gasteiger partial charge in [0.1, 0.15) is 18.5 Å². The summed E-state index contributed by atoms with van der Waals surface area (Å²) >= 11 is 0. The first-order chi connectivity index (χ1) is 12.7. The van der Waals surface area contributed by atoms with Crippen LogP contribution >= 0.6 is 0 Å². The van der Waals surface area contributed by atoms with Crippen LogP contribution in [0.4, 0.5) is 4.39 Å². The summed E-state index contributed by atoms with van der Waals surface area (Å²) in [4.78, 5) is 14.1. The first-order valence-electron chi connectivity index (χ1n) is 8.67. The van der Waals surface area contributed by atoms with E-state index in [9.17, 15) is 9.18 Å². The highest BCUT2D eigenvalue weighted by Gasteiger charge is 2.21. The third-order valence-corrected chi connectivity index (χ3v) is 4.17. The van der Waals surface area contributed by atoms with Crippen molar-refractivity contribution < 1.29 is 18.7 Å². The van der Waals surface area contributed by atoms with E-state index in [1.807, 2.05) is 18.2 Å². The van der Waals surface area contributed by atoms with Crippen molar-refractivity contribution in [2.45, 2.75) is 12.6 Å². The molecule has 0 amide bonds. The van der Waals surface area contributed by atoms with Gasteiger partial charge in [0.2, 0.25) is 0 Å². The summed E-state index contributed by atoms with van der Waals surface area (Å²) in [7, 11) is 0. The Labute approximate surface area is 152 Å². The minimum atomic E-state index is -0.432. The van der Waals surface area contributed by atoms with Crippen LogP contribution in [0, 0.1) is 5.82 Å². The van der Waals surface area contributed by atoms with Crippen LogP contribution in [0.25, 0.3) is 6.08 Å². The van der Waals surface area contributed by atoms with E-state index in [1.54, 1.807) is 18.2 Å². The Bertz CT molecular complexity index is 731. The number of ether oxygens (including phenoxy) is 2. The molecule has 1 unspecified atom stereocenters. The number of benzene rings is 2. The molecule has 0 aromatic heterocycles. The number of morpholine rings is 1. The van der Waals surface area contributed by atoms with E-state index in [-0.39, 0.29) is 18.5 Å². The molecule has 1 fully saturated rings. The van der Waals surface area contributed by atoms with Crippen molar-refractivity contribution in [2.75, 3.05) is 26.3 Å². The zero-order valence-electron chi connectivity index (χ0n) is 14.5. The fraction of sp³-hybridized carbons (Fsp3) is 0.286. The molecule has 2 aromatic rings. The van der Waals surface area contributed by atoms with Crippen LogP contribution in [0.1, 0.15) is 11.1 Å². The summed E-state index contributed by atoms with van der Waals surface area (Å²) in [5.41, 5.74) is 2.00. The monoisotopic (exact) mass is 355 g/mol. The predicted molar refractivity (Wildman–Crippen MR) is 97.9 cm³/mol. The van der Waals surface area contributed by atoms with Gasteiger partial charge in [0.05, 0.1) is 6.61 Å². The molecule has 2 aromatic carbocycles. The Kier molecular flexibility index (Phi) is 6.52. The minimum absolute atomic E-state index is 0.129. The van der Waals surface area contributed by atoms with E-state index in [2.05, 4.69) is 17.0 Å². The Morgan fingerprint density at radius 2 is 1.96 bits per heavy atom. The first kappa shape index (κ1) is 18.3. The maximum absolute atomic E-state index is 12.8. The molecule has 1 aliphatic heterocycles. The maximum Gasteiger partial charge on any atom is 0.330 e. The summed E-state index contributed by atoms with van der Waals surface area (Å²) in [5.74, 6) is -0.739. The number of rotatable bonds is 6. The van der Waals surface area contributed by atoms with Gasteiger partial charge in [-0.2, -0.15) is 0 Å². The van der Waals surface area contributed by atoms with E-state index < -0.39 is 5.97 Å². The first-order valence-corrected chi connectivity index (χ1v) is 8.67. The van der Waals surface area contributed by atoms with Gasteiger partial charge in [-0.15, -0.1) is 0 Å². The van der Waals surface area contributed by atoms with Crippen LogP contribution in [0.2, 0.25) is 0 Å². The lowest BCUT2D eigenvalue weighted by molar-refractivity contribution is -0.144. The number of hydrogen-bond acceptors (Lipinski definition) is 4. The quantitative estimate of drug-likeness (QED) is 0.589. The second kappa shape index (κ2) is 9.27. The molecule has 0 radical (unpaired) electrons. The van der Waals surface area contributed by atoms with Crippen molar-refractivity contribution in [3.8, 4) is 0 Å². The number of esters is 1. The zero-order valence-corrected chi connectivity index (χ0v) is 14.5. The highest BCUT2D eigenvalue weighted by molar-refractivity contribution is 5.87. The smallest absolute Gasteiger partial charge is 0.330 e. The van der Waals surface area contributed by atoms with Crippen molar-refractivity contribution in [1.82, 2.24) is 4.90 Å². The van der Waals surface area contributed by atoms with Crippen LogP contribution in [0.5, 0.6) is 0 Å². The Morgan fingerprint density at radius 3 is 2.73 bits per heavy atom. The van der Waals surface area contributed by atoms with Crippen molar-refractivity contribution in [2.24, 2.45) is 0 Å². The average Bonchev–Trinajstić information content (AvgIpc) is 2.67. The normalized spacial score (nSPS) is 18.1. The largest absolute Gasteiger partial charge is 0.460 e. The summed E-state index contributed by atoms with van der Waals surface area (Å²) in [5, 5.41) is 0. The molecule has 136 valence electrons. The highest BCUT2D eigenvalue weighted by Crippen LogP contribution is 2.11. The van der Waals surface area contributed by atoms with Gasteiger partial charge in [-0.05, 0) is 29.3 Å². The zero-order chi connectivity index (χ0) is 18.2. The lowest BCUT2D eigenvalue weighted by atomic mass is 10.2. The van der Waals surface area contributed by atoms with Crippen LogP contribution < -0.4 is 0 Å². The fourth-order valence-electron chi connectivity index (χ4n) is 2.83. The lowest BCUT2D eigenvalue weighted by Gasteiger charge is -2.32. The molecule has 0 bridgehead atoms. The maximum atomic E-state index is 12.8. The van der Waals surface area contributed by atoms with Crippen molar-refractivity contribution in [3.05, 3.63) is 77.6 Å². The van der Waals surface area contributed by atoms with E-state index in [4.69, 9.17) is 9.47 Å². The third-order valence-electron chi connectivity index (χ3n) is 4.17. The lowest BCUT2D eigenvalue weighted by Crippen LogP contribution is -2.44. The SMILES string of the molecule is O=C(/C=C/c1ccc(F)cc1)OCC1CN(Cc2ccccc2)CCO1. The number of halogens is 1. The average molecular weight is 355 g/mol. The molecule has 0 saturated carbocycles. The number of carbonyl (C=O) groups excluding carboxylic acids is 1. The molecule has 4 nitrogen and oxygen atoms in total. The molecule has 1 heterocycles. The fourth-order valence-corrected chi connectivity index (χ4v) is 2.83. The second-order valence-corrected chi connectivity index (χ2v) is 6.23. The summed E-state index contributed by atoms with van der Waals surface area (Å²) in [6.45, 7) is 3.30. The van der Waals surface area contributed by atoms with Gasteiger partial charge >= 0.3 is 5.97 Å². The van der Waals surface area contributed by atoms with Crippen LogP contribution in [0.3, 0.4) is 0 Å². The van der Waals surface area contributed by atoms with E-state index in [0.717, 1.165) is 25.2 Å². The molecule has 26 heavy (non-hydrogen) atoms. The summed E-state index contributed by atoms with van der Waals surface area (Å²) in [6.07, 6.45) is 2.82. The Morgan fingerprint density at radius 1 is 1.19 bits per heavy atom. The number of nitrogens with zero attached hydrogens (tertiary/aromatic N) is 1. The molecule has 0 aliphatic carbocycles. The standard InChI is InChI=1S/C21H22FNO3/c22-19-9-6-17(7-10-19)8-11-21(24)26-16-20-15-23(12-13-25-20)14-18-4-2-1-3-5-18/h1-11,20H,12-16H2/b11-8+. The Hall–Kier alpha value is -2.50. The summed E-state index contributed by atoms with van der Waals surface area (Å²) < 4.78 is 23.8. The predicted octanol–water partition coefficient (Wildman–Crippen LogP) is 3.28. The van der Waals surface area contributed by atoms with Gasteiger partial charge in [0, 0.05) is 25.7 Å². The van der Waals surface area contributed by atoms with Crippen LogP contribution in [0.15, 0.2) is 60.7 Å². The van der Waals surface area contributed by atoms with Gasteiger partial charge in [-0.25, -0.2) is 9.18 Å². The van der Waals surface area contributed by atoms with Gasteiger partial charge in [-0.3, -0.25) is 4.90 Å². The molecule has 0 spiro atoms. The molecule has 3 rings (SSSR count). The molecular weight excluding hydrogens is 333 g/mol. The second-order valence-electron chi connectivity index (χ2n) is 6.23. The number of hydrogen-bond donors (Lipinski definition) is 0. The molecule has 0 N–H and O–H groups in total. The number of carbonyl (C=O) groups is 1. The van der Waals surface area contributed by atoms with Crippen molar-refractivity contribution in [1.29, 1.82) is 0 Å². The molecular formula is C21H22FNO3. The van der Waals surface area contributed by atoms with E-state index in [0.29, 0.717) is 6.61 Å². The highest BCUT2D eigenvalue weighted by atomic mass is 19.1. The van der Waals surface area contributed by atoms with Gasteiger partial charge in [0.25, 0.3) is 0 Å². The van der Waals surface area contributed by atoms with Crippen LogP contribution in [-0.2, 0) is 20.8 Å². The van der Waals surface area contributed by atoms with E-state index >= 15 is 0 Å². The van der Waals surface area contributed by atoms with Gasteiger partial charge < -0.3 is 9.47 Å². The molecule has 1 saturated heterocycles. The third kappa shape index (κ3) is 5.79. The summed E-state index contributed by atoms with van der Waals surface area (Å²) in [6, 6.07) is 16.2.